The number of anilines is 1. The average molecular weight is 205 g/mol. The van der Waals surface area contributed by atoms with Crippen LogP contribution in [-0.4, -0.2) is 23.1 Å². The van der Waals surface area contributed by atoms with E-state index in [0.29, 0.717) is 0 Å². The van der Waals surface area contributed by atoms with Crippen molar-refractivity contribution < 1.29 is 0 Å². The van der Waals surface area contributed by atoms with E-state index in [1.54, 1.807) is 0 Å². The first kappa shape index (κ1) is 10.4. The number of aryl methyl sites for hydroxylation is 2. The Balaban J connectivity index is 2.33. The average Bonchev–Trinajstić information content (AvgIpc) is 2.69. The van der Waals surface area contributed by atoms with Crippen LogP contribution in [-0.2, 0) is 6.42 Å². The van der Waals surface area contributed by atoms with Gasteiger partial charge in [0, 0.05) is 24.5 Å². The Morgan fingerprint density at radius 2 is 1.60 bits per heavy atom. The number of hydrogen-bond donors (Lipinski definition) is 0. The molecule has 0 bridgehead atoms. The molecule has 1 aromatic rings. The third-order valence-electron chi connectivity index (χ3n) is 3.15. The lowest BCUT2D eigenvalue weighted by atomic mass is 10.1. The molecule has 1 aliphatic rings. The summed E-state index contributed by atoms with van der Waals surface area (Å²) < 4.78 is 0. The zero-order valence-corrected chi connectivity index (χ0v) is 9.88. The van der Waals surface area contributed by atoms with E-state index in [0.717, 1.165) is 36.8 Å². The lowest BCUT2D eigenvalue weighted by molar-refractivity contribution is 0.858. The molecule has 3 nitrogen and oxygen atoms in total. The smallest absolute Gasteiger partial charge is 0.225 e. The second-order valence-electron chi connectivity index (χ2n) is 4.22. The van der Waals surface area contributed by atoms with Gasteiger partial charge in [0.15, 0.2) is 0 Å². The van der Waals surface area contributed by atoms with Crippen LogP contribution in [0.4, 0.5) is 5.95 Å². The summed E-state index contributed by atoms with van der Waals surface area (Å²) in [4.78, 5) is 11.5. The molecule has 2 heterocycles. The van der Waals surface area contributed by atoms with Gasteiger partial charge in [-0.15, -0.1) is 0 Å². The van der Waals surface area contributed by atoms with Gasteiger partial charge >= 0.3 is 0 Å². The predicted molar refractivity (Wildman–Crippen MR) is 62.3 cm³/mol. The maximum atomic E-state index is 4.60. The van der Waals surface area contributed by atoms with E-state index in [4.69, 9.17) is 0 Å². The molecule has 0 saturated carbocycles. The highest BCUT2D eigenvalue weighted by Crippen LogP contribution is 2.19. The Labute approximate surface area is 91.5 Å². The summed E-state index contributed by atoms with van der Waals surface area (Å²) in [6.07, 6.45) is 3.58. The maximum absolute atomic E-state index is 4.60. The van der Waals surface area contributed by atoms with Gasteiger partial charge in [0.05, 0.1) is 0 Å². The predicted octanol–water partition coefficient (Wildman–Crippen LogP) is 2.26. The fourth-order valence-corrected chi connectivity index (χ4v) is 2.29. The summed E-state index contributed by atoms with van der Waals surface area (Å²) >= 11 is 0. The summed E-state index contributed by atoms with van der Waals surface area (Å²) in [5.41, 5.74) is 3.59. The van der Waals surface area contributed by atoms with Gasteiger partial charge in [-0.25, -0.2) is 9.97 Å². The van der Waals surface area contributed by atoms with Crippen LogP contribution in [0, 0.1) is 13.8 Å². The van der Waals surface area contributed by atoms with Gasteiger partial charge in [-0.05, 0) is 38.7 Å². The van der Waals surface area contributed by atoms with Crippen molar-refractivity contribution in [2.75, 3.05) is 18.0 Å². The fourth-order valence-electron chi connectivity index (χ4n) is 2.29. The zero-order chi connectivity index (χ0) is 10.8. The molecule has 0 radical (unpaired) electrons. The quantitative estimate of drug-likeness (QED) is 0.741. The van der Waals surface area contributed by atoms with Gasteiger partial charge in [-0.2, -0.15) is 0 Å². The minimum absolute atomic E-state index is 0.930. The highest BCUT2D eigenvalue weighted by molar-refractivity contribution is 5.37. The van der Waals surface area contributed by atoms with E-state index in [1.165, 1.54) is 18.4 Å². The Kier molecular flexibility index (Phi) is 2.89. The molecule has 3 heteroatoms. The molecule has 1 fully saturated rings. The van der Waals surface area contributed by atoms with Gasteiger partial charge in [0.25, 0.3) is 0 Å². The molecule has 1 aliphatic heterocycles. The van der Waals surface area contributed by atoms with Gasteiger partial charge in [0.1, 0.15) is 0 Å². The Bertz CT molecular complexity index is 331. The number of hydrogen-bond acceptors (Lipinski definition) is 3. The monoisotopic (exact) mass is 205 g/mol. The van der Waals surface area contributed by atoms with Crippen molar-refractivity contribution >= 4 is 5.95 Å². The highest BCUT2D eigenvalue weighted by atomic mass is 15.3. The molecule has 0 amide bonds. The van der Waals surface area contributed by atoms with Gasteiger partial charge in [0.2, 0.25) is 5.95 Å². The van der Waals surface area contributed by atoms with Crippen LogP contribution in [0.3, 0.4) is 0 Å². The van der Waals surface area contributed by atoms with Gasteiger partial charge < -0.3 is 4.90 Å². The molecule has 0 aromatic carbocycles. The molecular weight excluding hydrogens is 186 g/mol. The lowest BCUT2D eigenvalue weighted by Gasteiger charge is -2.17. The van der Waals surface area contributed by atoms with E-state index >= 15 is 0 Å². The van der Waals surface area contributed by atoms with Crippen molar-refractivity contribution in [3.63, 3.8) is 0 Å². The molecule has 0 atom stereocenters. The number of nitrogens with zero attached hydrogens (tertiary/aromatic N) is 3. The van der Waals surface area contributed by atoms with Crippen molar-refractivity contribution in [3.05, 3.63) is 17.0 Å². The number of rotatable bonds is 2. The standard InChI is InChI=1S/C12H19N3/c1-4-11-9(2)13-12(14-10(11)3)15-7-5-6-8-15/h4-8H2,1-3H3. The summed E-state index contributed by atoms with van der Waals surface area (Å²) in [5.74, 6) is 0.930. The Morgan fingerprint density at radius 3 is 2.07 bits per heavy atom. The third-order valence-corrected chi connectivity index (χ3v) is 3.15. The molecule has 0 aliphatic carbocycles. The fraction of sp³-hybridized carbons (Fsp3) is 0.667. The molecule has 0 unspecified atom stereocenters. The van der Waals surface area contributed by atoms with Gasteiger partial charge in [-0.3, -0.25) is 0 Å². The molecule has 2 rings (SSSR count). The Morgan fingerprint density at radius 1 is 1.07 bits per heavy atom. The molecule has 0 spiro atoms. The maximum Gasteiger partial charge on any atom is 0.225 e. The van der Waals surface area contributed by atoms with Crippen LogP contribution in [0.5, 0.6) is 0 Å². The van der Waals surface area contributed by atoms with Crippen LogP contribution in [0.2, 0.25) is 0 Å². The summed E-state index contributed by atoms with van der Waals surface area (Å²) in [7, 11) is 0. The molecule has 1 saturated heterocycles. The van der Waals surface area contributed by atoms with Crippen LogP contribution in [0.25, 0.3) is 0 Å². The third kappa shape index (κ3) is 1.96. The van der Waals surface area contributed by atoms with Crippen LogP contribution < -0.4 is 4.90 Å². The first-order valence-corrected chi connectivity index (χ1v) is 5.81. The summed E-state index contributed by atoms with van der Waals surface area (Å²) in [5, 5.41) is 0. The highest BCUT2D eigenvalue weighted by Gasteiger charge is 2.16. The van der Waals surface area contributed by atoms with E-state index in [-0.39, 0.29) is 0 Å². The molecule has 0 N–H and O–H groups in total. The van der Waals surface area contributed by atoms with Crippen molar-refractivity contribution in [2.45, 2.75) is 40.0 Å². The van der Waals surface area contributed by atoms with Crippen LogP contribution in [0.15, 0.2) is 0 Å². The van der Waals surface area contributed by atoms with Gasteiger partial charge in [-0.1, -0.05) is 6.92 Å². The molecule has 1 aromatic heterocycles. The summed E-state index contributed by atoms with van der Waals surface area (Å²) in [6.45, 7) is 8.57. The zero-order valence-electron chi connectivity index (χ0n) is 9.88. The first-order chi connectivity index (χ1) is 7.22. The second kappa shape index (κ2) is 4.17. The minimum Gasteiger partial charge on any atom is -0.341 e. The first-order valence-electron chi connectivity index (χ1n) is 5.81. The van der Waals surface area contributed by atoms with Crippen molar-refractivity contribution in [3.8, 4) is 0 Å². The molecule has 15 heavy (non-hydrogen) atoms. The normalized spacial score (nSPS) is 16.1. The molecule has 82 valence electrons. The topological polar surface area (TPSA) is 29.0 Å². The van der Waals surface area contributed by atoms with Crippen LogP contribution >= 0.6 is 0 Å². The minimum atomic E-state index is 0.930. The Hall–Kier alpha value is -1.12. The second-order valence-corrected chi connectivity index (χ2v) is 4.22. The SMILES string of the molecule is CCc1c(C)nc(N2CCCC2)nc1C. The van der Waals surface area contributed by atoms with Crippen molar-refractivity contribution in [1.29, 1.82) is 0 Å². The lowest BCUT2D eigenvalue weighted by Crippen LogP contribution is -2.21. The largest absolute Gasteiger partial charge is 0.341 e. The van der Waals surface area contributed by atoms with Crippen molar-refractivity contribution in [2.24, 2.45) is 0 Å². The van der Waals surface area contributed by atoms with E-state index in [2.05, 4.69) is 35.6 Å². The van der Waals surface area contributed by atoms with Crippen molar-refractivity contribution in [1.82, 2.24) is 9.97 Å². The van der Waals surface area contributed by atoms with E-state index in [9.17, 15) is 0 Å². The van der Waals surface area contributed by atoms with E-state index < -0.39 is 0 Å². The molecular formula is C12H19N3. The van der Waals surface area contributed by atoms with Crippen LogP contribution in [0.1, 0.15) is 36.7 Å². The summed E-state index contributed by atoms with van der Waals surface area (Å²) in [6, 6.07) is 0. The number of aromatic nitrogens is 2. The van der Waals surface area contributed by atoms with E-state index in [1.807, 2.05) is 0 Å².